The molecule has 1 aromatic heterocycles. The van der Waals surface area contributed by atoms with E-state index in [-0.39, 0.29) is 0 Å². The molecule has 58 valence electrons. The molecule has 3 nitrogen and oxygen atoms in total. The summed E-state index contributed by atoms with van der Waals surface area (Å²) in [4.78, 5) is 0. The SMILES string of the molecule is C#CCn1nc(OC)cc1Br. The number of terminal acetylenes is 1. The van der Waals surface area contributed by atoms with Gasteiger partial charge in [0.1, 0.15) is 11.1 Å². The summed E-state index contributed by atoms with van der Waals surface area (Å²) in [6, 6.07) is 1.76. The Morgan fingerprint density at radius 2 is 2.64 bits per heavy atom. The molecule has 1 heterocycles. The number of methoxy groups -OCH3 is 1. The zero-order chi connectivity index (χ0) is 8.27. The van der Waals surface area contributed by atoms with Gasteiger partial charge in [0, 0.05) is 6.07 Å². The topological polar surface area (TPSA) is 27.1 Å². The Morgan fingerprint density at radius 3 is 3.09 bits per heavy atom. The minimum atomic E-state index is 0.448. The van der Waals surface area contributed by atoms with Gasteiger partial charge in [0.15, 0.2) is 0 Å². The molecule has 0 aliphatic heterocycles. The molecule has 1 rings (SSSR count). The van der Waals surface area contributed by atoms with Crippen molar-refractivity contribution >= 4 is 15.9 Å². The number of nitrogens with zero attached hydrogens (tertiary/aromatic N) is 2. The van der Waals surface area contributed by atoms with Crippen LogP contribution >= 0.6 is 15.9 Å². The van der Waals surface area contributed by atoms with Crippen LogP contribution < -0.4 is 4.74 Å². The second-order valence-electron chi connectivity index (χ2n) is 1.87. The van der Waals surface area contributed by atoms with Crippen molar-refractivity contribution in [3.8, 4) is 18.2 Å². The van der Waals surface area contributed by atoms with Gasteiger partial charge in [-0.1, -0.05) is 5.92 Å². The van der Waals surface area contributed by atoms with Gasteiger partial charge < -0.3 is 4.74 Å². The maximum atomic E-state index is 5.11. The fourth-order valence-electron chi connectivity index (χ4n) is 0.669. The van der Waals surface area contributed by atoms with Crippen LogP contribution in [0, 0.1) is 12.3 Å². The average Bonchev–Trinajstić information content (AvgIpc) is 2.33. The summed E-state index contributed by atoms with van der Waals surface area (Å²) in [5, 5.41) is 4.02. The highest BCUT2D eigenvalue weighted by molar-refractivity contribution is 9.10. The molecule has 0 amide bonds. The Balaban J connectivity index is 2.90. The molecule has 0 N–H and O–H groups in total. The fraction of sp³-hybridized carbons (Fsp3) is 0.286. The highest BCUT2D eigenvalue weighted by Gasteiger charge is 2.02. The van der Waals surface area contributed by atoms with E-state index in [0.29, 0.717) is 12.4 Å². The van der Waals surface area contributed by atoms with E-state index >= 15 is 0 Å². The number of aromatic nitrogens is 2. The maximum Gasteiger partial charge on any atom is 0.233 e. The van der Waals surface area contributed by atoms with Crippen LogP contribution in [0.4, 0.5) is 0 Å². The first-order valence-electron chi connectivity index (χ1n) is 2.98. The van der Waals surface area contributed by atoms with E-state index in [1.165, 1.54) is 0 Å². The van der Waals surface area contributed by atoms with Crippen LogP contribution in [0.15, 0.2) is 10.7 Å². The van der Waals surface area contributed by atoms with Crippen molar-refractivity contribution in [2.45, 2.75) is 6.54 Å². The van der Waals surface area contributed by atoms with Crippen LogP contribution in [0.1, 0.15) is 0 Å². The summed E-state index contributed by atoms with van der Waals surface area (Å²) in [5.41, 5.74) is 0. The van der Waals surface area contributed by atoms with Crippen molar-refractivity contribution in [1.29, 1.82) is 0 Å². The van der Waals surface area contributed by atoms with E-state index in [1.54, 1.807) is 17.9 Å². The fourth-order valence-corrected chi connectivity index (χ4v) is 1.07. The largest absolute Gasteiger partial charge is 0.480 e. The van der Waals surface area contributed by atoms with Crippen LogP contribution in [0.3, 0.4) is 0 Å². The molecular formula is C7H7BrN2O. The van der Waals surface area contributed by atoms with Crippen LogP contribution in [-0.4, -0.2) is 16.9 Å². The number of hydrogen-bond donors (Lipinski definition) is 0. The van der Waals surface area contributed by atoms with Gasteiger partial charge in [-0.2, -0.15) is 0 Å². The molecule has 0 saturated carbocycles. The van der Waals surface area contributed by atoms with Gasteiger partial charge >= 0.3 is 0 Å². The van der Waals surface area contributed by atoms with Gasteiger partial charge in [0.2, 0.25) is 5.88 Å². The Bertz CT molecular complexity index is 287. The Labute approximate surface area is 73.5 Å². The van der Waals surface area contributed by atoms with Crippen LogP contribution in [0.2, 0.25) is 0 Å². The summed E-state index contributed by atoms with van der Waals surface area (Å²) in [7, 11) is 1.56. The molecule has 0 aliphatic rings. The number of rotatable bonds is 2. The average molecular weight is 215 g/mol. The zero-order valence-electron chi connectivity index (χ0n) is 6.04. The zero-order valence-corrected chi connectivity index (χ0v) is 7.63. The lowest BCUT2D eigenvalue weighted by Gasteiger charge is -1.93. The molecule has 0 saturated heterocycles. The third kappa shape index (κ3) is 1.75. The maximum absolute atomic E-state index is 5.11. The Kier molecular flexibility index (Phi) is 2.55. The summed E-state index contributed by atoms with van der Waals surface area (Å²) in [6.45, 7) is 0.448. The van der Waals surface area contributed by atoms with Gasteiger partial charge in [-0.05, 0) is 15.9 Å². The third-order valence-corrected chi connectivity index (χ3v) is 1.80. The predicted molar refractivity (Wildman–Crippen MR) is 45.3 cm³/mol. The molecule has 0 atom stereocenters. The normalized spacial score (nSPS) is 9.18. The quantitative estimate of drug-likeness (QED) is 0.695. The molecular weight excluding hydrogens is 208 g/mol. The van der Waals surface area contributed by atoms with Gasteiger partial charge in [0.25, 0.3) is 0 Å². The van der Waals surface area contributed by atoms with E-state index in [4.69, 9.17) is 11.2 Å². The predicted octanol–water partition coefficient (Wildman–Crippen LogP) is 1.29. The molecule has 11 heavy (non-hydrogen) atoms. The van der Waals surface area contributed by atoms with Gasteiger partial charge in [-0.15, -0.1) is 11.5 Å². The first-order valence-corrected chi connectivity index (χ1v) is 3.78. The van der Waals surface area contributed by atoms with Crippen molar-refractivity contribution in [2.24, 2.45) is 0 Å². The second kappa shape index (κ2) is 3.44. The minimum absolute atomic E-state index is 0.448. The van der Waals surface area contributed by atoms with Crippen LogP contribution in [0.25, 0.3) is 0 Å². The molecule has 0 aliphatic carbocycles. The van der Waals surface area contributed by atoms with E-state index in [1.807, 2.05) is 0 Å². The lowest BCUT2D eigenvalue weighted by atomic mass is 10.6. The highest BCUT2D eigenvalue weighted by atomic mass is 79.9. The number of halogens is 1. The third-order valence-electron chi connectivity index (χ3n) is 1.16. The first kappa shape index (κ1) is 8.15. The molecule has 0 bridgehead atoms. The first-order chi connectivity index (χ1) is 5.27. The summed E-state index contributed by atoms with van der Waals surface area (Å²) in [5.74, 6) is 3.04. The standard InChI is InChI=1S/C7H7BrN2O/c1-3-4-10-6(8)5-7(9-10)11-2/h1,5H,4H2,2H3. The lowest BCUT2D eigenvalue weighted by molar-refractivity contribution is 0.390. The molecule has 0 unspecified atom stereocenters. The van der Waals surface area contributed by atoms with Crippen molar-refractivity contribution < 1.29 is 4.74 Å². The van der Waals surface area contributed by atoms with E-state index in [0.717, 1.165) is 4.60 Å². The van der Waals surface area contributed by atoms with Crippen molar-refractivity contribution in [2.75, 3.05) is 7.11 Å². The molecule has 4 heteroatoms. The van der Waals surface area contributed by atoms with Gasteiger partial charge in [-0.25, -0.2) is 4.68 Å². The number of ether oxygens (including phenoxy) is 1. The smallest absolute Gasteiger partial charge is 0.233 e. The Morgan fingerprint density at radius 1 is 1.91 bits per heavy atom. The van der Waals surface area contributed by atoms with E-state index < -0.39 is 0 Å². The van der Waals surface area contributed by atoms with E-state index in [9.17, 15) is 0 Å². The molecule has 0 fully saturated rings. The van der Waals surface area contributed by atoms with E-state index in [2.05, 4.69) is 26.9 Å². The summed E-state index contributed by atoms with van der Waals surface area (Å²) in [6.07, 6.45) is 5.11. The summed E-state index contributed by atoms with van der Waals surface area (Å²) >= 11 is 3.28. The summed E-state index contributed by atoms with van der Waals surface area (Å²) < 4.78 is 7.36. The van der Waals surface area contributed by atoms with Crippen molar-refractivity contribution in [3.05, 3.63) is 10.7 Å². The van der Waals surface area contributed by atoms with Crippen molar-refractivity contribution in [3.63, 3.8) is 0 Å². The minimum Gasteiger partial charge on any atom is -0.480 e. The monoisotopic (exact) mass is 214 g/mol. The number of hydrogen-bond acceptors (Lipinski definition) is 2. The van der Waals surface area contributed by atoms with Crippen molar-refractivity contribution in [1.82, 2.24) is 9.78 Å². The van der Waals surface area contributed by atoms with Gasteiger partial charge in [0.05, 0.1) is 7.11 Å². The molecule has 0 aromatic carbocycles. The van der Waals surface area contributed by atoms with Crippen LogP contribution in [0.5, 0.6) is 5.88 Å². The molecule has 0 spiro atoms. The second-order valence-corrected chi connectivity index (χ2v) is 2.68. The van der Waals surface area contributed by atoms with Crippen LogP contribution in [-0.2, 0) is 6.54 Å². The Hall–Kier alpha value is -0.950. The van der Waals surface area contributed by atoms with Gasteiger partial charge in [-0.3, -0.25) is 0 Å². The molecule has 1 aromatic rings. The highest BCUT2D eigenvalue weighted by Crippen LogP contribution is 2.16. The lowest BCUT2D eigenvalue weighted by Crippen LogP contribution is -1.97. The molecule has 0 radical (unpaired) electrons.